The van der Waals surface area contributed by atoms with E-state index in [2.05, 4.69) is 5.32 Å². The van der Waals surface area contributed by atoms with Crippen molar-refractivity contribution < 1.29 is 19.1 Å². The molecule has 3 aromatic carbocycles. The molecule has 1 unspecified atom stereocenters. The van der Waals surface area contributed by atoms with Gasteiger partial charge in [0.05, 0.1) is 16.1 Å². The highest BCUT2D eigenvalue weighted by atomic mass is 35.5. The van der Waals surface area contributed by atoms with Gasteiger partial charge in [0.25, 0.3) is 11.8 Å². The second kappa shape index (κ2) is 8.41. The van der Waals surface area contributed by atoms with Crippen molar-refractivity contribution in [2.45, 2.75) is 13.0 Å². The molecule has 156 valence electrons. The van der Waals surface area contributed by atoms with Crippen LogP contribution in [-0.4, -0.2) is 28.7 Å². The number of hydrogen-bond donors (Lipinski definition) is 1. The third-order valence-corrected chi connectivity index (χ3v) is 5.37. The number of benzene rings is 3. The lowest BCUT2D eigenvalue weighted by Gasteiger charge is -2.21. The van der Waals surface area contributed by atoms with E-state index in [0.717, 1.165) is 4.90 Å². The average Bonchev–Trinajstić information content (AvgIpc) is 3.01. The van der Waals surface area contributed by atoms with Crippen molar-refractivity contribution in [3.8, 4) is 11.5 Å². The number of nitrogens with zero attached hydrogens (tertiary/aromatic N) is 1. The Balaban J connectivity index is 1.43. The van der Waals surface area contributed by atoms with Gasteiger partial charge in [0.2, 0.25) is 5.91 Å². The van der Waals surface area contributed by atoms with Gasteiger partial charge in [-0.25, -0.2) is 0 Å². The number of hydrogen-bond acceptors (Lipinski definition) is 4. The summed E-state index contributed by atoms with van der Waals surface area (Å²) < 4.78 is 5.72. The molecule has 0 aliphatic carbocycles. The van der Waals surface area contributed by atoms with Crippen LogP contribution in [0.3, 0.4) is 0 Å². The van der Waals surface area contributed by atoms with Gasteiger partial charge >= 0.3 is 0 Å². The molecule has 0 spiro atoms. The van der Waals surface area contributed by atoms with Crippen LogP contribution >= 0.6 is 23.2 Å². The summed E-state index contributed by atoms with van der Waals surface area (Å²) in [6.45, 7) is 1.51. The van der Waals surface area contributed by atoms with Crippen molar-refractivity contribution in [3.63, 3.8) is 0 Å². The van der Waals surface area contributed by atoms with Gasteiger partial charge in [-0.05, 0) is 61.5 Å². The molecule has 1 heterocycles. The molecule has 0 saturated carbocycles. The first-order chi connectivity index (χ1) is 14.8. The van der Waals surface area contributed by atoms with Crippen LogP contribution < -0.4 is 10.1 Å². The number of rotatable bonds is 5. The van der Waals surface area contributed by atoms with Crippen LogP contribution in [-0.2, 0) is 4.79 Å². The molecule has 0 bridgehead atoms. The molecule has 0 fully saturated rings. The number of ether oxygens (including phenoxy) is 1. The summed E-state index contributed by atoms with van der Waals surface area (Å²) in [4.78, 5) is 38.8. The highest BCUT2D eigenvalue weighted by molar-refractivity contribution is 6.35. The van der Waals surface area contributed by atoms with Crippen molar-refractivity contribution in [1.82, 2.24) is 4.90 Å². The first kappa shape index (κ1) is 20.9. The Labute approximate surface area is 188 Å². The molecule has 31 heavy (non-hydrogen) atoms. The largest absolute Gasteiger partial charge is 0.456 e. The SMILES string of the molecule is CC(C(=O)Nc1ccc(Oc2ccc(Cl)cc2Cl)cc1)N1C(=O)c2ccccc2C1=O. The number of imide groups is 1. The molecular formula is C23H16Cl2N2O4. The Morgan fingerprint density at radius 2 is 1.55 bits per heavy atom. The highest BCUT2D eigenvalue weighted by Crippen LogP contribution is 2.32. The van der Waals surface area contributed by atoms with E-state index in [0.29, 0.717) is 38.4 Å². The van der Waals surface area contributed by atoms with Crippen molar-refractivity contribution in [3.05, 3.63) is 87.9 Å². The second-order valence-corrected chi connectivity index (χ2v) is 7.74. The van der Waals surface area contributed by atoms with Crippen molar-refractivity contribution >= 4 is 46.6 Å². The fraction of sp³-hybridized carbons (Fsp3) is 0.0870. The minimum Gasteiger partial charge on any atom is -0.456 e. The number of anilines is 1. The van der Waals surface area contributed by atoms with Crippen LogP contribution in [0.2, 0.25) is 10.0 Å². The first-order valence-corrected chi connectivity index (χ1v) is 10.1. The van der Waals surface area contributed by atoms with Gasteiger partial charge in [-0.3, -0.25) is 19.3 Å². The predicted octanol–water partition coefficient (Wildman–Crippen LogP) is 5.41. The van der Waals surface area contributed by atoms with Crippen LogP contribution in [0.15, 0.2) is 66.7 Å². The quantitative estimate of drug-likeness (QED) is 0.522. The smallest absolute Gasteiger partial charge is 0.262 e. The van der Waals surface area contributed by atoms with Crippen molar-refractivity contribution in [1.29, 1.82) is 0 Å². The molecule has 4 rings (SSSR count). The summed E-state index contributed by atoms with van der Waals surface area (Å²) in [5.41, 5.74) is 1.09. The summed E-state index contributed by atoms with van der Waals surface area (Å²) in [6, 6.07) is 17.0. The maximum atomic E-state index is 12.7. The summed E-state index contributed by atoms with van der Waals surface area (Å²) in [5, 5.41) is 3.59. The molecule has 1 aliphatic heterocycles. The predicted molar refractivity (Wildman–Crippen MR) is 118 cm³/mol. The van der Waals surface area contributed by atoms with Gasteiger partial charge in [-0.15, -0.1) is 0 Å². The van der Waals surface area contributed by atoms with Gasteiger partial charge in [0, 0.05) is 10.7 Å². The molecule has 8 heteroatoms. The van der Waals surface area contributed by atoms with E-state index >= 15 is 0 Å². The molecule has 0 radical (unpaired) electrons. The molecule has 0 aromatic heterocycles. The molecule has 3 amide bonds. The Hall–Kier alpha value is -3.35. The topological polar surface area (TPSA) is 75.7 Å². The Morgan fingerprint density at radius 1 is 0.935 bits per heavy atom. The molecule has 0 saturated heterocycles. The average molecular weight is 455 g/mol. The third-order valence-electron chi connectivity index (χ3n) is 4.84. The minimum atomic E-state index is -0.976. The summed E-state index contributed by atoms with van der Waals surface area (Å²) in [5.74, 6) is -0.486. The van der Waals surface area contributed by atoms with Gasteiger partial charge in [0.1, 0.15) is 17.5 Å². The van der Waals surface area contributed by atoms with Crippen LogP contribution in [0.4, 0.5) is 5.69 Å². The van der Waals surface area contributed by atoms with Crippen LogP contribution in [0, 0.1) is 0 Å². The van der Waals surface area contributed by atoms with Gasteiger partial charge in [-0.1, -0.05) is 35.3 Å². The van der Waals surface area contributed by atoms with E-state index in [1.54, 1.807) is 66.7 Å². The van der Waals surface area contributed by atoms with Crippen LogP contribution in [0.25, 0.3) is 0 Å². The molecule has 6 nitrogen and oxygen atoms in total. The van der Waals surface area contributed by atoms with E-state index in [1.165, 1.54) is 6.92 Å². The van der Waals surface area contributed by atoms with Crippen LogP contribution in [0.5, 0.6) is 11.5 Å². The standard InChI is InChI=1S/C23H16Cl2N2O4/c1-13(27-22(29)17-4-2-3-5-18(17)23(27)30)21(28)26-15-7-9-16(10-8-15)31-20-11-6-14(24)12-19(20)25/h2-13H,1H3,(H,26,28). The third kappa shape index (κ3) is 4.13. The van der Waals surface area contributed by atoms with Gasteiger partial charge in [-0.2, -0.15) is 0 Å². The van der Waals surface area contributed by atoms with E-state index in [1.807, 2.05) is 0 Å². The minimum absolute atomic E-state index is 0.300. The number of halogens is 2. The lowest BCUT2D eigenvalue weighted by Crippen LogP contribution is -2.45. The zero-order chi connectivity index (χ0) is 22.1. The maximum absolute atomic E-state index is 12.7. The Kier molecular flexibility index (Phi) is 5.67. The number of fused-ring (bicyclic) bond motifs is 1. The van der Waals surface area contributed by atoms with Gasteiger partial charge in [0.15, 0.2) is 0 Å². The lowest BCUT2D eigenvalue weighted by atomic mass is 10.1. The molecule has 1 atom stereocenters. The highest BCUT2D eigenvalue weighted by Gasteiger charge is 2.40. The normalized spacial score (nSPS) is 13.7. The molecule has 3 aromatic rings. The van der Waals surface area contributed by atoms with E-state index in [4.69, 9.17) is 27.9 Å². The van der Waals surface area contributed by atoms with Gasteiger partial charge < -0.3 is 10.1 Å². The lowest BCUT2D eigenvalue weighted by molar-refractivity contribution is -0.119. The van der Waals surface area contributed by atoms with E-state index in [9.17, 15) is 14.4 Å². The van der Waals surface area contributed by atoms with Crippen molar-refractivity contribution in [2.24, 2.45) is 0 Å². The van der Waals surface area contributed by atoms with E-state index < -0.39 is 23.8 Å². The summed E-state index contributed by atoms with van der Waals surface area (Å²) in [6.07, 6.45) is 0. The molecule has 1 aliphatic rings. The fourth-order valence-electron chi connectivity index (χ4n) is 3.21. The summed E-state index contributed by atoms with van der Waals surface area (Å²) >= 11 is 12.0. The first-order valence-electron chi connectivity index (χ1n) is 9.36. The monoisotopic (exact) mass is 454 g/mol. The zero-order valence-electron chi connectivity index (χ0n) is 16.3. The second-order valence-electron chi connectivity index (χ2n) is 6.89. The van der Waals surface area contributed by atoms with Crippen LogP contribution in [0.1, 0.15) is 27.6 Å². The number of nitrogens with one attached hydrogen (secondary N) is 1. The van der Waals surface area contributed by atoms with E-state index in [-0.39, 0.29) is 0 Å². The maximum Gasteiger partial charge on any atom is 0.262 e. The molecular weight excluding hydrogens is 439 g/mol. The Bertz CT molecular complexity index is 1160. The Morgan fingerprint density at radius 3 is 2.13 bits per heavy atom. The fourth-order valence-corrected chi connectivity index (χ4v) is 3.66. The molecule has 1 N–H and O–H groups in total. The van der Waals surface area contributed by atoms with Crippen molar-refractivity contribution in [2.75, 3.05) is 5.32 Å². The zero-order valence-corrected chi connectivity index (χ0v) is 17.8. The number of carbonyl (C=O) groups is 3. The number of amides is 3. The number of carbonyl (C=O) groups excluding carboxylic acids is 3. The summed E-state index contributed by atoms with van der Waals surface area (Å²) in [7, 11) is 0.